The molecule has 0 unspecified atom stereocenters. The number of hydrogen-bond acceptors (Lipinski definition) is 2. The molecule has 0 amide bonds. The molecule has 0 spiro atoms. The maximum atomic E-state index is 5.94. The van der Waals surface area contributed by atoms with Crippen LogP contribution < -0.4 is 10.5 Å². The standard InChI is InChI=1S/C16H19NO/c1-12-4-3-5-15(10-12)18-16-11-14(8-9-17)7-6-13(16)2/h3-7,10-11H,8-9,17H2,1-2H3. The summed E-state index contributed by atoms with van der Waals surface area (Å²) in [5.74, 6) is 1.79. The summed E-state index contributed by atoms with van der Waals surface area (Å²) in [6.07, 6.45) is 0.879. The van der Waals surface area contributed by atoms with E-state index in [1.807, 2.05) is 18.2 Å². The summed E-state index contributed by atoms with van der Waals surface area (Å²) in [6, 6.07) is 14.3. The van der Waals surface area contributed by atoms with E-state index in [2.05, 4.69) is 38.1 Å². The van der Waals surface area contributed by atoms with Gasteiger partial charge in [0.2, 0.25) is 0 Å². The lowest BCUT2D eigenvalue weighted by molar-refractivity contribution is 0.478. The lowest BCUT2D eigenvalue weighted by Gasteiger charge is -2.11. The van der Waals surface area contributed by atoms with Gasteiger partial charge in [0.1, 0.15) is 11.5 Å². The van der Waals surface area contributed by atoms with Crippen molar-refractivity contribution in [3.63, 3.8) is 0 Å². The van der Waals surface area contributed by atoms with Crippen LogP contribution in [0.1, 0.15) is 16.7 Å². The van der Waals surface area contributed by atoms with Crippen molar-refractivity contribution in [3.8, 4) is 11.5 Å². The number of benzene rings is 2. The Morgan fingerprint density at radius 1 is 1.06 bits per heavy atom. The third-order valence-electron chi connectivity index (χ3n) is 2.90. The normalized spacial score (nSPS) is 10.4. The van der Waals surface area contributed by atoms with Gasteiger partial charge in [-0.05, 0) is 61.7 Å². The molecule has 0 heterocycles. The first-order valence-corrected chi connectivity index (χ1v) is 6.23. The van der Waals surface area contributed by atoms with E-state index in [1.54, 1.807) is 0 Å². The highest BCUT2D eigenvalue weighted by atomic mass is 16.5. The molecule has 0 aliphatic heterocycles. The molecule has 94 valence electrons. The van der Waals surface area contributed by atoms with Crippen LogP contribution in [0.25, 0.3) is 0 Å². The van der Waals surface area contributed by atoms with E-state index >= 15 is 0 Å². The van der Waals surface area contributed by atoms with Crippen molar-refractivity contribution in [2.45, 2.75) is 20.3 Å². The molecule has 0 saturated carbocycles. The quantitative estimate of drug-likeness (QED) is 0.887. The van der Waals surface area contributed by atoms with Crippen molar-refractivity contribution in [2.24, 2.45) is 5.73 Å². The first kappa shape index (κ1) is 12.7. The molecule has 2 N–H and O–H groups in total. The molecule has 0 aliphatic rings. The first-order valence-electron chi connectivity index (χ1n) is 6.23. The second-order valence-corrected chi connectivity index (χ2v) is 4.56. The van der Waals surface area contributed by atoms with Gasteiger partial charge in [0, 0.05) is 0 Å². The Morgan fingerprint density at radius 3 is 2.61 bits per heavy atom. The summed E-state index contributed by atoms with van der Waals surface area (Å²) in [4.78, 5) is 0. The molecule has 0 bridgehead atoms. The van der Waals surface area contributed by atoms with Crippen molar-refractivity contribution < 1.29 is 4.74 Å². The average Bonchev–Trinajstić information content (AvgIpc) is 2.34. The zero-order valence-electron chi connectivity index (χ0n) is 10.9. The molecule has 0 saturated heterocycles. The molecule has 0 aliphatic carbocycles. The number of nitrogens with two attached hydrogens (primary N) is 1. The van der Waals surface area contributed by atoms with Crippen molar-refractivity contribution >= 4 is 0 Å². The Morgan fingerprint density at radius 2 is 1.89 bits per heavy atom. The summed E-state index contributed by atoms with van der Waals surface area (Å²) >= 11 is 0. The zero-order valence-corrected chi connectivity index (χ0v) is 10.9. The summed E-state index contributed by atoms with van der Waals surface area (Å²) in [6.45, 7) is 4.77. The predicted molar refractivity (Wildman–Crippen MR) is 75.2 cm³/mol. The van der Waals surface area contributed by atoms with Crippen LogP contribution in [0.2, 0.25) is 0 Å². The molecule has 0 aromatic heterocycles. The van der Waals surface area contributed by atoms with Gasteiger partial charge in [0.05, 0.1) is 0 Å². The highest BCUT2D eigenvalue weighted by molar-refractivity contribution is 5.40. The molecule has 2 rings (SSSR count). The third kappa shape index (κ3) is 3.11. The average molecular weight is 241 g/mol. The minimum absolute atomic E-state index is 0.660. The van der Waals surface area contributed by atoms with Crippen LogP contribution in [-0.2, 0) is 6.42 Å². The maximum Gasteiger partial charge on any atom is 0.130 e. The van der Waals surface area contributed by atoms with Crippen LogP contribution in [-0.4, -0.2) is 6.54 Å². The Balaban J connectivity index is 2.25. The predicted octanol–water partition coefficient (Wildman–Crippen LogP) is 3.60. The highest BCUT2D eigenvalue weighted by Crippen LogP contribution is 2.26. The SMILES string of the molecule is Cc1cccc(Oc2cc(CCN)ccc2C)c1. The molecule has 2 aromatic rings. The Bertz CT molecular complexity index is 534. The molecule has 2 nitrogen and oxygen atoms in total. The monoisotopic (exact) mass is 241 g/mol. The van der Waals surface area contributed by atoms with Gasteiger partial charge in [-0.2, -0.15) is 0 Å². The molecular weight excluding hydrogens is 222 g/mol. The number of rotatable bonds is 4. The summed E-state index contributed by atoms with van der Waals surface area (Å²) in [5, 5.41) is 0. The second-order valence-electron chi connectivity index (χ2n) is 4.56. The zero-order chi connectivity index (χ0) is 13.0. The molecule has 2 heteroatoms. The third-order valence-corrected chi connectivity index (χ3v) is 2.90. The van der Waals surface area contributed by atoms with Crippen molar-refractivity contribution in [1.82, 2.24) is 0 Å². The van der Waals surface area contributed by atoms with E-state index in [0.29, 0.717) is 6.54 Å². The largest absolute Gasteiger partial charge is 0.457 e. The van der Waals surface area contributed by atoms with E-state index in [9.17, 15) is 0 Å². The molecular formula is C16H19NO. The van der Waals surface area contributed by atoms with Gasteiger partial charge < -0.3 is 10.5 Å². The van der Waals surface area contributed by atoms with E-state index in [-0.39, 0.29) is 0 Å². The van der Waals surface area contributed by atoms with Gasteiger partial charge >= 0.3 is 0 Å². The van der Waals surface area contributed by atoms with Crippen molar-refractivity contribution in [2.75, 3.05) is 6.54 Å². The smallest absolute Gasteiger partial charge is 0.130 e. The molecule has 2 aromatic carbocycles. The summed E-state index contributed by atoms with van der Waals surface area (Å²) in [7, 11) is 0. The lowest BCUT2D eigenvalue weighted by Crippen LogP contribution is -2.02. The van der Waals surface area contributed by atoms with Gasteiger partial charge in [-0.15, -0.1) is 0 Å². The van der Waals surface area contributed by atoms with Crippen molar-refractivity contribution in [3.05, 3.63) is 59.2 Å². The number of ether oxygens (including phenoxy) is 1. The fourth-order valence-corrected chi connectivity index (χ4v) is 1.88. The van der Waals surface area contributed by atoms with Gasteiger partial charge in [-0.1, -0.05) is 24.3 Å². The lowest BCUT2D eigenvalue weighted by atomic mass is 10.1. The number of hydrogen-bond donors (Lipinski definition) is 1. The molecule has 0 atom stereocenters. The summed E-state index contributed by atoms with van der Waals surface area (Å²) < 4.78 is 5.94. The van der Waals surface area contributed by atoms with Crippen LogP contribution in [0.5, 0.6) is 11.5 Å². The van der Waals surface area contributed by atoms with Crippen LogP contribution in [0, 0.1) is 13.8 Å². The van der Waals surface area contributed by atoms with Gasteiger partial charge in [0.15, 0.2) is 0 Å². The second kappa shape index (κ2) is 5.69. The van der Waals surface area contributed by atoms with Crippen molar-refractivity contribution in [1.29, 1.82) is 0 Å². The van der Waals surface area contributed by atoms with Gasteiger partial charge in [0.25, 0.3) is 0 Å². The van der Waals surface area contributed by atoms with E-state index < -0.39 is 0 Å². The van der Waals surface area contributed by atoms with E-state index in [1.165, 1.54) is 11.1 Å². The topological polar surface area (TPSA) is 35.2 Å². The van der Waals surface area contributed by atoms with Gasteiger partial charge in [-0.25, -0.2) is 0 Å². The highest BCUT2D eigenvalue weighted by Gasteiger charge is 2.03. The van der Waals surface area contributed by atoms with Crippen LogP contribution in [0.4, 0.5) is 0 Å². The minimum atomic E-state index is 0.660. The fraction of sp³-hybridized carbons (Fsp3) is 0.250. The fourth-order valence-electron chi connectivity index (χ4n) is 1.88. The van der Waals surface area contributed by atoms with Gasteiger partial charge in [-0.3, -0.25) is 0 Å². The van der Waals surface area contributed by atoms with Crippen LogP contribution in [0.3, 0.4) is 0 Å². The Kier molecular flexibility index (Phi) is 4.00. The summed E-state index contributed by atoms with van der Waals surface area (Å²) in [5.41, 5.74) is 9.13. The Labute approximate surface area is 108 Å². The molecule has 0 radical (unpaired) electrons. The van der Waals surface area contributed by atoms with E-state index in [0.717, 1.165) is 23.5 Å². The van der Waals surface area contributed by atoms with E-state index in [4.69, 9.17) is 10.5 Å². The Hall–Kier alpha value is -1.80. The first-order chi connectivity index (χ1) is 8.69. The molecule has 0 fully saturated rings. The molecule has 18 heavy (non-hydrogen) atoms. The maximum absolute atomic E-state index is 5.94. The van der Waals surface area contributed by atoms with Crippen LogP contribution in [0.15, 0.2) is 42.5 Å². The minimum Gasteiger partial charge on any atom is -0.457 e. The van der Waals surface area contributed by atoms with Crippen LogP contribution >= 0.6 is 0 Å². The number of aryl methyl sites for hydroxylation is 2.